The molecule has 0 fully saturated rings. The maximum Gasteiger partial charge on any atom is 0.345 e. The SMILES string of the molecule is C=CC1(c2ccccc2)OC(=O)c2ccccc2O1. The van der Waals surface area contributed by atoms with Crippen molar-refractivity contribution in [2.45, 2.75) is 5.79 Å². The van der Waals surface area contributed by atoms with E-state index in [1.807, 2.05) is 36.4 Å². The molecule has 1 aliphatic rings. The standard InChI is InChI=1S/C16H12O3/c1-2-16(12-8-4-3-5-9-12)18-14-11-7-6-10-13(14)15(17)19-16/h2-11H,1H2. The molecule has 0 aromatic heterocycles. The van der Waals surface area contributed by atoms with E-state index in [4.69, 9.17) is 9.47 Å². The smallest absolute Gasteiger partial charge is 0.345 e. The van der Waals surface area contributed by atoms with Gasteiger partial charge in [0, 0.05) is 5.56 Å². The van der Waals surface area contributed by atoms with Gasteiger partial charge in [-0.25, -0.2) is 4.79 Å². The van der Waals surface area contributed by atoms with Gasteiger partial charge in [-0.15, -0.1) is 0 Å². The number of hydrogen-bond acceptors (Lipinski definition) is 3. The molecule has 0 radical (unpaired) electrons. The van der Waals surface area contributed by atoms with Crippen LogP contribution in [0.1, 0.15) is 15.9 Å². The van der Waals surface area contributed by atoms with Crippen molar-refractivity contribution in [3.05, 3.63) is 78.4 Å². The van der Waals surface area contributed by atoms with Crippen molar-refractivity contribution in [2.24, 2.45) is 0 Å². The average Bonchev–Trinajstić information content (AvgIpc) is 2.48. The highest BCUT2D eigenvalue weighted by Gasteiger charge is 2.41. The fourth-order valence-corrected chi connectivity index (χ4v) is 2.09. The Balaban J connectivity index is 2.12. The van der Waals surface area contributed by atoms with Crippen LogP contribution < -0.4 is 4.74 Å². The molecule has 0 saturated heterocycles. The topological polar surface area (TPSA) is 35.5 Å². The predicted octanol–water partition coefficient (Wildman–Crippen LogP) is 3.27. The highest BCUT2D eigenvalue weighted by Crippen LogP contribution is 2.38. The number of benzene rings is 2. The van der Waals surface area contributed by atoms with Gasteiger partial charge in [-0.3, -0.25) is 0 Å². The van der Waals surface area contributed by atoms with Gasteiger partial charge in [0.1, 0.15) is 11.3 Å². The molecule has 3 rings (SSSR count). The van der Waals surface area contributed by atoms with Crippen molar-refractivity contribution >= 4 is 5.97 Å². The van der Waals surface area contributed by atoms with Gasteiger partial charge < -0.3 is 9.47 Å². The number of hydrogen-bond donors (Lipinski definition) is 0. The van der Waals surface area contributed by atoms with Crippen LogP contribution in [0.25, 0.3) is 0 Å². The molecule has 1 unspecified atom stereocenters. The Bertz CT molecular complexity index is 633. The molecule has 0 amide bonds. The second kappa shape index (κ2) is 4.28. The summed E-state index contributed by atoms with van der Waals surface area (Å²) in [5.41, 5.74) is 1.16. The minimum Gasteiger partial charge on any atom is -0.444 e. The summed E-state index contributed by atoms with van der Waals surface area (Å²) >= 11 is 0. The maximum atomic E-state index is 12.1. The van der Waals surface area contributed by atoms with Crippen LogP contribution in [0.5, 0.6) is 5.75 Å². The van der Waals surface area contributed by atoms with Gasteiger partial charge in [-0.2, -0.15) is 0 Å². The first kappa shape index (κ1) is 11.5. The molecule has 19 heavy (non-hydrogen) atoms. The Morgan fingerprint density at radius 3 is 2.37 bits per heavy atom. The van der Waals surface area contributed by atoms with Gasteiger partial charge in [0.25, 0.3) is 0 Å². The normalized spacial score (nSPS) is 20.9. The van der Waals surface area contributed by atoms with Gasteiger partial charge in [-0.1, -0.05) is 49.0 Å². The average molecular weight is 252 g/mol. The number of cyclic esters (lactones) is 1. The summed E-state index contributed by atoms with van der Waals surface area (Å²) in [6, 6.07) is 16.3. The highest BCUT2D eigenvalue weighted by atomic mass is 16.7. The van der Waals surface area contributed by atoms with E-state index in [0.717, 1.165) is 5.56 Å². The second-order valence-corrected chi connectivity index (χ2v) is 4.23. The fraction of sp³-hybridized carbons (Fsp3) is 0.0625. The van der Waals surface area contributed by atoms with E-state index in [0.29, 0.717) is 11.3 Å². The van der Waals surface area contributed by atoms with E-state index in [9.17, 15) is 4.79 Å². The molecule has 0 saturated carbocycles. The lowest BCUT2D eigenvalue weighted by Gasteiger charge is -2.35. The number of carbonyl (C=O) groups excluding carboxylic acids is 1. The molecular formula is C16H12O3. The fourth-order valence-electron chi connectivity index (χ4n) is 2.09. The van der Waals surface area contributed by atoms with Crippen LogP contribution in [-0.4, -0.2) is 5.97 Å². The Morgan fingerprint density at radius 1 is 0.947 bits per heavy atom. The first-order valence-corrected chi connectivity index (χ1v) is 5.96. The second-order valence-electron chi connectivity index (χ2n) is 4.23. The van der Waals surface area contributed by atoms with Crippen molar-refractivity contribution in [3.8, 4) is 5.75 Å². The molecule has 94 valence electrons. The van der Waals surface area contributed by atoms with Crippen molar-refractivity contribution in [3.63, 3.8) is 0 Å². The Kier molecular flexibility index (Phi) is 2.60. The van der Waals surface area contributed by atoms with Crippen molar-refractivity contribution in [2.75, 3.05) is 0 Å². The van der Waals surface area contributed by atoms with Crippen molar-refractivity contribution in [1.29, 1.82) is 0 Å². The van der Waals surface area contributed by atoms with E-state index < -0.39 is 11.8 Å². The van der Waals surface area contributed by atoms with E-state index in [2.05, 4.69) is 6.58 Å². The molecule has 3 nitrogen and oxygen atoms in total. The molecule has 2 aromatic carbocycles. The van der Waals surface area contributed by atoms with Gasteiger partial charge in [0.05, 0.1) is 0 Å². The molecule has 1 aliphatic heterocycles. The zero-order valence-corrected chi connectivity index (χ0v) is 10.2. The molecule has 1 heterocycles. The summed E-state index contributed by atoms with van der Waals surface area (Å²) in [6.07, 6.45) is 1.50. The summed E-state index contributed by atoms with van der Waals surface area (Å²) in [5.74, 6) is -1.17. The molecule has 0 N–H and O–H groups in total. The Hall–Kier alpha value is -2.55. The van der Waals surface area contributed by atoms with Crippen LogP contribution >= 0.6 is 0 Å². The summed E-state index contributed by atoms with van der Waals surface area (Å²) < 4.78 is 11.3. The van der Waals surface area contributed by atoms with Crippen LogP contribution in [-0.2, 0) is 10.5 Å². The molecule has 3 heteroatoms. The highest BCUT2D eigenvalue weighted by molar-refractivity contribution is 5.93. The minimum atomic E-state index is -1.26. The molecule has 0 spiro atoms. The summed E-state index contributed by atoms with van der Waals surface area (Å²) in [6.45, 7) is 3.74. The largest absolute Gasteiger partial charge is 0.444 e. The number of esters is 1. The van der Waals surface area contributed by atoms with Crippen LogP contribution in [0.2, 0.25) is 0 Å². The van der Waals surface area contributed by atoms with E-state index in [1.54, 1.807) is 18.2 Å². The molecule has 0 aliphatic carbocycles. The molecule has 2 aromatic rings. The predicted molar refractivity (Wildman–Crippen MR) is 70.8 cm³/mol. The summed E-state index contributed by atoms with van der Waals surface area (Å²) in [4.78, 5) is 12.1. The van der Waals surface area contributed by atoms with Gasteiger partial charge in [0.15, 0.2) is 0 Å². The van der Waals surface area contributed by atoms with E-state index in [1.165, 1.54) is 6.08 Å². The summed E-state index contributed by atoms with van der Waals surface area (Å²) in [7, 11) is 0. The lowest BCUT2D eigenvalue weighted by molar-refractivity contribution is -0.125. The van der Waals surface area contributed by atoms with Crippen LogP contribution in [0, 0.1) is 0 Å². The lowest BCUT2D eigenvalue weighted by atomic mass is 10.0. The quantitative estimate of drug-likeness (QED) is 0.608. The van der Waals surface area contributed by atoms with Crippen LogP contribution in [0.15, 0.2) is 67.3 Å². The Morgan fingerprint density at radius 2 is 1.63 bits per heavy atom. The third-order valence-corrected chi connectivity index (χ3v) is 3.06. The molecular weight excluding hydrogens is 240 g/mol. The maximum absolute atomic E-state index is 12.1. The number of para-hydroxylation sites is 1. The molecule has 1 atom stereocenters. The number of rotatable bonds is 2. The first-order chi connectivity index (χ1) is 9.25. The van der Waals surface area contributed by atoms with Gasteiger partial charge in [0.2, 0.25) is 0 Å². The number of ether oxygens (including phenoxy) is 2. The number of fused-ring (bicyclic) bond motifs is 1. The minimum absolute atomic E-state index is 0.411. The summed E-state index contributed by atoms with van der Waals surface area (Å²) in [5, 5.41) is 0. The van der Waals surface area contributed by atoms with Crippen molar-refractivity contribution < 1.29 is 14.3 Å². The third-order valence-electron chi connectivity index (χ3n) is 3.06. The zero-order valence-electron chi connectivity index (χ0n) is 10.2. The van der Waals surface area contributed by atoms with Crippen molar-refractivity contribution in [1.82, 2.24) is 0 Å². The Labute approximate surface area is 111 Å². The molecule has 0 bridgehead atoms. The van der Waals surface area contributed by atoms with E-state index in [-0.39, 0.29) is 0 Å². The van der Waals surface area contributed by atoms with Crippen LogP contribution in [0.3, 0.4) is 0 Å². The first-order valence-electron chi connectivity index (χ1n) is 5.96. The number of carbonyl (C=O) groups is 1. The monoisotopic (exact) mass is 252 g/mol. The zero-order chi connectivity index (χ0) is 13.3. The third kappa shape index (κ3) is 1.80. The van der Waals surface area contributed by atoms with E-state index >= 15 is 0 Å². The van der Waals surface area contributed by atoms with Gasteiger partial charge in [-0.05, 0) is 18.2 Å². The lowest BCUT2D eigenvalue weighted by Crippen LogP contribution is -2.40. The van der Waals surface area contributed by atoms with Crippen LogP contribution in [0.4, 0.5) is 0 Å². The van der Waals surface area contributed by atoms with Gasteiger partial charge >= 0.3 is 11.8 Å².